The van der Waals surface area contributed by atoms with Gasteiger partial charge in [0.05, 0.1) is 4.90 Å². The summed E-state index contributed by atoms with van der Waals surface area (Å²) >= 11 is 0. The van der Waals surface area contributed by atoms with Crippen LogP contribution >= 0.6 is 0 Å². The van der Waals surface area contributed by atoms with E-state index in [1.165, 1.54) is 18.2 Å². The van der Waals surface area contributed by atoms with Crippen molar-refractivity contribution < 1.29 is 28.2 Å². The van der Waals surface area contributed by atoms with Crippen molar-refractivity contribution in [1.29, 1.82) is 0 Å². The third-order valence-electron chi connectivity index (χ3n) is 2.96. The van der Waals surface area contributed by atoms with Gasteiger partial charge in [0, 0.05) is 0 Å². The average Bonchev–Trinajstić information content (AvgIpc) is 2.46. The lowest BCUT2D eigenvalue weighted by atomic mass is 10.2. The fourth-order valence-electron chi connectivity index (χ4n) is 1.74. The number of carboxylic acid groups (broad SMARTS) is 1. The van der Waals surface area contributed by atoms with E-state index in [2.05, 4.69) is 0 Å². The van der Waals surface area contributed by atoms with Gasteiger partial charge >= 0.3 is 5.97 Å². The van der Waals surface area contributed by atoms with E-state index in [4.69, 9.17) is 9.84 Å². The standard InChI is InChI=1S/C15H14O6S/c1-10-2-5-12(6-3-10)22(19,20)9-21-11-4-7-14(16)13(8-11)15(17)18/h2-8,16H,9H2,1H3,(H,17,18). The van der Waals surface area contributed by atoms with Gasteiger partial charge in [-0.2, -0.15) is 0 Å². The second-order valence-corrected chi connectivity index (χ2v) is 6.61. The number of carboxylic acids is 1. The molecule has 0 aliphatic rings. The molecule has 0 aliphatic heterocycles. The predicted octanol–water partition coefficient (Wildman–Crippen LogP) is 2.21. The molecule has 0 aromatic heterocycles. The predicted molar refractivity (Wildman–Crippen MR) is 78.9 cm³/mol. The molecule has 0 amide bonds. The van der Waals surface area contributed by atoms with Gasteiger partial charge in [-0.3, -0.25) is 0 Å². The summed E-state index contributed by atoms with van der Waals surface area (Å²) in [6, 6.07) is 9.82. The highest BCUT2D eigenvalue weighted by Crippen LogP contribution is 2.24. The van der Waals surface area contributed by atoms with Gasteiger partial charge in [-0.05, 0) is 37.3 Å². The van der Waals surface area contributed by atoms with Crippen molar-refractivity contribution in [1.82, 2.24) is 0 Å². The van der Waals surface area contributed by atoms with Crippen LogP contribution in [0, 0.1) is 6.92 Å². The lowest BCUT2D eigenvalue weighted by molar-refractivity contribution is 0.0693. The SMILES string of the molecule is Cc1ccc(S(=O)(=O)COc2ccc(O)c(C(=O)O)c2)cc1. The molecular formula is C15H14O6S. The topological polar surface area (TPSA) is 101 Å². The van der Waals surface area contributed by atoms with Gasteiger partial charge in [-0.25, -0.2) is 13.2 Å². The number of carbonyl (C=O) groups is 1. The highest BCUT2D eigenvalue weighted by atomic mass is 32.2. The van der Waals surface area contributed by atoms with Crippen LogP contribution < -0.4 is 4.74 Å². The molecule has 0 atom stereocenters. The Morgan fingerprint density at radius 1 is 1.14 bits per heavy atom. The minimum atomic E-state index is -3.65. The normalized spacial score (nSPS) is 11.1. The smallest absolute Gasteiger partial charge is 0.339 e. The van der Waals surface area contributed by atoms with Gasteiger partial charge in [0.2, 0.25) is 9.84 Å². The van der Waals surface area contributed by atoms with Crippen LogP contribution in [0.25, 0.3) is 0 Å². The molecule has 0 radical (unpaired) electrons. The van der Waals surface area contributed by atoms with Crippen molar-refractivity contribution in [2.24, 2.45) is 0 Å². The number of phenols is 1. The molecule has 2 aromatic rings. The summed E-state index contributed by atoms with van der Waals surface area (Å²) in [6.45, 7) is 1.84. The lowest BCUT2D eigenvalue weighted by Crippen LogP contribution is -2.12. The first-order valence-corrected chi connectivity index (χ1v) is 7.93. The Kier molecular flexibility index (Phi) is 4.37. The van der Waals surface area contributed by atoms with E-state index < -0.39 is 27.5 Å². The quantitative estimate of drug-likeness (QED) is 0.875. The lowest BCUT2D eigenvalue weighted by Gasteiger charge is -2.09. The Morgan fingerprint density at radius 2 is 1.77 bits per heavy atom. The minimum absolute atomic E-state index is 0.0471. The summed E-state index contributed by atoms with van der Waals surface area (Å²) in [4.78, 5) is 11.0. The molecule has 0 spiro atoms. The van der Waals surface area contributed by atoms with E-state index in [9.17, 15) is 18.3 Å². The summed E-state index contributed by atoms with van der Waals surface area (Å²) in [7, 11) is -3.65. The third-order valence-corrected chi connectivity index (χ3v) is 4.38. The maximum Gasteiger partial charge on any atom is 0.339 e. The van der Waals surface area contributed by atoms with Crippen molar-refractivity contribution >= 4 is 15.8 Å². The molecule has 0 aliphatic carbocycles. The number of hydrogen-bond donors (Lipinski definition) is 2. The third kappa shape index (κ3) is 3.56. The van der Waals surface area contributed by atoms with Gasteiger partial charge in [-0.1, -0.05) is 17.7 Å². The number of aryl methyl sites for hydroxylation is 1. The van der Waals surface area contributed by atoms with Crippen molar-refractivity contribution in [2.45, 2.75) is 11.8 Å². The van der Waals surface area contributed by atoms with Gasteiger partial charge in [0.15, 0.2) is 5.94 Å². The monoisotopic (exact) mass is 322 g/mol. The Morgan fingerprint density at radius 3 is 2.36 bits per heavy atom. The van der Waals surface area contributed by atoms with Gasteiger partial charge < -0.3 is 14.9 Å². The zero-order valence-corrected chi connectivity index (χ0v) is 12.5. The second-order valence-electron chi connectivity index (χ2n) is 4.67. The van der Waals surface area contributed by atoms with Gasteiger partial charge in [0.25, 0.3) is 0 Å². The number of benzene rings is 2. The van der Waals surface area contributed by atoms with E-state index in [1.807, 2.05) is 6.92 Å². The first kappa shape index (κ1) is 15.8. The summed E-state index contributed by atoms with van der Waals surface area (Å²) in [6.07, 6.45) is 0. The molecule has 0 bridgehead atoms. The largest absolute Gasteiger partial charge is 0.507 e. The molecule has 2 aromatic carbocycles. The van der Waals surface area contributed by atoms with E-state index in [-0.39, 0.29) is 16.2 Å². The molecule has 0 saturated carbocycles. The number of rotatable bonds is 5. The maximum atomic E-state index is 12.1. The Balaban J connectivity index is 2.17. The number of hydrogen-bond acceptors (Lipinski definition) is 5. The number of sulfone groups is 1. The van der Waals surface area contributed by atoms with Gasteiger partial charge in [0.1, 0.15) is 17.1 Å². The highest BCUT2D eigenvalue weighted by Gasteiger charge is 2.16. The minimum Gasteiger partial charge on any atom is -0.507 e. The average molecular weight is 322 g/mol. The van der Waals surface area contributed by atoms with Crippen LogP contribution in [0.4, 0.5) is 0 Å². The summed E-state index contributed by atoms with van der Waals surface area (Å²) in [5, 5.41) is 18.3. The van der Waals surface area contributed by atoms with Crippen molar-refractivity contribution in [3.8, 4) is 11.5 Å². The molecule has 6 nitrogen and oxygen atoms in total. The zero-order valence-electron chi connectivity index (χ0n) is 11.7. The van der Waals surface area contributed by atoms with Crippen LogP contribution in [0.15, 0.2) is 47.4 Å². The molecule has 22 heavy (non-hydrogen) atoms. The summed E-state index contributed by atoms with van der Waals surface area (Å²) in [5.41, 5.74) is 0.578. The van der Waals surface area contributed by atoms with E-state index in [0.717, 1.165) is 17.7 Å². The molecule has 0 heterocycles. The first-order valence-electron chi connectivity index (χ1n) is 6.28. The van der Waals surface area contributed by atoms with E-state index >= 15 is 0 Å². The molecule has 2 rings (SSSR count). The fraction of sp³-hybridized carbons (Fsp3) is 0.133. The second kappa shape index (κ2) is 6.07. The van der Waals surface area contributed by atoms with Crippen LogP contribution in [0.5, 0.6) is 11.5 Å². The highest BCUT2D eigenvalue weighted by molar-refractivity contribution is 7.91. The van der Waals surface area contributed by atoms with Gasteiger partial charge in [-0.15, -0.1) is 0 Å². The van der Waals surface area contributed by atoms with Crippen LogP contribution in [0.2, 0.25) is 0 Å². The number of aromatic hydroxyl groups is 1. The van der Waals surface area contributed by atoms with Crippen LogP contribution in [0.3, 0.4) is 0 Å². The number of ether oxygens (including phenoxy) is 1. The van der Waals surface area contributed by atoms with Crippen molar-refractivity contribution in [3.05, 3.63) is 53.6 Å². The molecule has 116 valence electrons. The van der Waals surface area contributed by atoms with E-state index in [1.54, 1.807) is 12.1 Å². The molecular weight excluding hydrogens is 308 g/mol. The Bertz CT molecular complexity index is 793. The molecule has 0 saturated heterocycles. The van der Waals surface area contributed by atoms with Crippen LogP contribution in [-0.4, -0.2) is 30.5 Å². The Labute approximate surface area is 127 Å². The molecule has 0 unspecified atom stereocenters. The molecule has 2 N–H and O–H groups in total. The van der Waals surface area contributed by atoms with Crippen molar-refractivity contribution in [2.75, 3.05) is 5.94 Å². The summed E-state index contributed by atoms with van der Waals surface area (Å²) in [5.74, 6) is -2.32. The van der Waals surface area contributed by atoms with Crippen molar-refractivity contribution in [3.63, 3.8) is 0 Å². The zero-order chi connectivity index (χ0) is 16.3. The Hall–Kier alpha value is -2.54. The van der Waals surface area contributed by atoms with E-state index in [0.29, 0.717) is 0 Å². The summed E-state index contributed by atoms with van der Waals surface area (Å²) < 4.78 is 29.4. The molecule has 0 fully saturated rings. The van der Waals surface area contributed by atoms with Crippen LogP contribution in [0.1, 0.15) is 15.9 Å². The number of aromatic carboxylic acids is 1. The molecule has 7 heteroatoms. The maximum absolute atomic E-state index is 12.1. The first-order chi connectivity index (χ1) is 10.3. The fourth-order valence-corrected chi connectivity index (χ4v) is 2.71. The van der Waals surface area contributed by atoms with Crippen LogP contribution in [-0.2, 0) is 9.84 Å².